The zero-order valence-electron chi connectivity index (χ0n) is 10.7. The highest BCUT2D eigenvalue weighted by atomic mass is 79.9. The first kappa shape index (κ1) is 14.1. The average molecular weight is 342 g/mol. The molecule has 0 aliphatic rings. The Morgan fingerprint density at radius 1 is 1.37 bits per heavy atom. The zero-order valence-corrected chi connectivity index (χ0v) is 13.0. The smallest absolute Gasteiger partial charge is 0.224 e. The molecule has 6 heteroatoms. The van der Waals surface area contributed by atoms with Gasteiger partial charge in [0.05, 0.1) is 15.2 Å². The van der Waals surface area contributed by atoms with Crippen LogP contribution in [0, 0.1) is 6.92 Å². The molecule has 0 fully saturated rings. The Labute approximate surface area is 125 Å². The van der Waals surface area contributed by atoms with Gasteiger partial charge >= 0.3 is 0 Å². The second kappa shape index (κ2) is 6.21. The summed E-state index contributed by atoms with van der Waals surface area (Å²) in [7, 11) is 0. The van der Waals surface area contributed by atoms with Crippen LogP contribution in [0.4, 0.5) is 17.5 Å². The summed E-state index contributed by atoms with van der Waals surface area (Å²) in [5.74, 6) is 1.26. The molecular weight excluding hydrogens is 328 g/mol. The molecule has 2 N–H and O–H groups in total. The third kappa shape index (κ3) is 3.36. The number of nitrogens with one attached hydrogen (secondary N) is 2. The maximum absolute atomic E-state index is 6.20. The van der Waals surface area contributed by atoms with Gasteiger partial charge in [0.1, 0.15) is 5.82 Å². The minimum atomic E-state index is 0.581. The molecule has 0 unspecified atom stereocenters. The number of nitrogens with zero attached hydrogens (tertiary/aromatic N) is 2. The maximum atomic E-state index is 6.20. The van der Waals surface area contributed by atoms with E-state index in [1.54, 1.807) is 6.20 Å². The van der Waals surface area contributed by atoms with E-state index < -0.39 is 0 Å². The number of benzene rings is 1. The quantitative estimate of drug-likeness (QED) is 0.866. The molecule has 1 heterocycles. The molecule has 100 valence electrons. The SMILES string of the molecule is CCNc1ncc(Br)c(Nc2c(C)cccc2Cl)n1. The van der Waals surface area contributed by atoms with Crippen LogP contribution in [0.3, 0.4) is 0 Å². The van der Waals surface area contributed by atoms with E-state index in [0.717, 1.165) is 22.3 Å². The van der Waals surface area contributed by atoms with Crippen LogP contribution in [0.1, 0.15) is 12.5 Å². The molecule has 0 aliphatic heterocycles. The number of rotatable bonds is 4. The van der Waals surface area contributed by atoms with Crippen molar-refractivity contribution < 1.29 is 0 Å². The number of halogens is 2. The number of aromatic nitrogens is 2. The van der Waals surface area contributed by atoms with Crippen LogP contribution in [-0.2, 0) is 0 Å². The summed E-state index contributed by atoms with van der Waals surface area (Å²) in [6, 6.07) is 5.76. The van der Waals surface area contributed by atoms with Gasteiger partial charge in [0.2, 0.25) is 5.95 Å². The van der Waals surface area contributed by atoms with Crippen molar-refractivity contribution in [3.8, 4) is 0 Å². The van der Waals surface area contributed by atoms with Crippen molar-refractivity contribution in [1.29, 1.82) is 0 Å². The second-order valence-corrected chi connectivity index (χ2v) is 5.24. The van der Waals surface area contributed by atoms with Crippen molar-refractivity contribution in [2.75, 3.05) is 17.2 Å². The van der Waals surface area contributed by atoms with Gasteiger partial charge in [0.25, 0.3) is 0 Å². The predicted molar refractivity (Wildman–Crippen MR) is 83.4 cm³/mol. The molecule has 2 aromatic rings. The Balaban J connectivity index is 2.35. The van der Waals surface area contributed by atoms with Crippen LogP contribution in [0.5, 0.6) is 0 Å². The van der Waals surface area contributed by atoms with Crippen LogP contribution >= 0.6 is 27.5 Å². The molecule has 1 aromatic carbocycles. The van der Waals surface area contributed by atoms with E-state index in [9.17, 15) is 0 Å². The first-order valence-electron chi connectivity index (χ1n) is 5.90. The number of aryl methyl sites for hydroxylation is 1. The minimum absolute atomic E-state index is 0.581. The van der Waals surface area contributed by atoms with Gasteiger partial charge in [-0.2, -0.15) is 4.98 Å². The van der Waals surface area contributed by atoms with Crippen LogP contribution in [-0.4, -0.2) is 16.5 Å². The number of hydrogen-bond donors (Lipinski definition) is 2. The summed E-state index contributed by atoms with van der Waals surface area (Å²) in [5, 5.41) is 6.97. The summed E-state index contributed by atoms with van der Waals surface area (Å²) in [5.41, 5.74) is 1.91. The molecule has 1 aromatic heterocycles. The molecule has 0 aliphatic carbocycles. The van der Waals surface area contributed by atoms with Gasteiger partial charge in [-0.25, -0.2) is 4.98 Å². The van der Waals surface area contributed by atoms with Crippen LogP contribution in [0.25, 0.3) is 0 Å². The van der Waals surface area contributed by atoms with E-state index in [1.807, 2.05) is 32.0 Å². The highest BCUT2D eigenvalue weighted by Crippen LogP contribution is 2.31. The van der Waals surface area contributed by atoms with Crippen molar-refractivity contribution in [3.63, 3.8) is 0 Å². The van der Waals surface area contributed by atoms with Crippen LogP contribution < -0.4 is 10.6 Å². The lowest BCUT2D eigenvalue weighted by Crippen LogP contribution is -2.05. The van der Waals surface area contributed by atoms with E-state index in [-0.39, 0.29) is 0 Å². The van der Waals surface area contributed by atoms with E-state index in [2.05, 4.69) is 36.5 Å². The lowest BCUT2D eigenvalue weighted by molar-refractivity contribution is 1.08. The fourth-order valence-corrected chi connectivity index (χ4v) is 2.17. The normalized spacial score (nSPS) is 10.3. The number of anilines is 3. The minimum Gasteiger partial charge on any atom is -0.354 e. The fraction of sp³-hybridized carbons (Fsp3) is 0.231. The van der Waals surface area contributed by atoms with Crippen molar-refractivity contribution in [3.05, 3.63) is 39.5 Å². The van der Waals surface area contributed by atoms with Crippen LogP contribution in [0.2, 0.25) is 5.02 Å². The van der Waals surface area contributed by atoms with Gasteiger partial charge in [0, 0.05) is 12.7 Å². The summed E-state index contributed by atoms with van der Waals surface area (Å²) < 4.78 is 0.786. The highest BCUT2D eigenvalue weighted by molar-refractivity contribution is 9.10. The first-order chi connectivity index (χ1) is 9.11. The van der Waals surface area contributed by atoms with Crippen molar-refractivity contribution in [2.45, 2.75) is 13.8 Å². The van der Waals surface area contributed by atoms with Crippen molar-refractivity contribution in [2.24, 2.45) is 0 Å². The molecule has 0 amide bonds. The Morgan fingerprint density at radius 3 is 2.84 bits per heavy atom. The maximum Gasteiger partial charge on any atom is 0.224 e. The monoisotopic (exact) mass is 340 g/mol. The Morgan fingerprint density at radius 2 is 2.16 bits per heavy atom. The standard InChI is InChI=1S/C13H14BrClN4/c1-3-16-13-17-7-9(14)12(19-13)18-11-8(2)5-4-6-10(11)15/h4-7H,3H2,1-2H3,(H2,16,17,18,19). The average Bonchev–Trinajstić information content (AvgIpc) is 2.38. The molecule has 0 spiro atoms. The van der Waals surface area contributed by atoms with Gasteiger partial charge in [-0.3, -0.25) is 0 Å². The topological polar surface area (TPSA) is 49.8 Å². The molecule has 2 rings (SSSR count). The van der Waals surface area contributed by atoms with Gasteiger partial charge in [-0.1, -0.05) is 23.7 Å². The molecule has 4 nitrogen and oxygen atoms in total. The molecule has 19 heavy (non-hydrogen) atoms. The largest absolute Gasteiger partial charge is 0.354 e. The van der Waals surface area contributed by atoms with Crippen LogP contribution in [0.15, 0.2) is 28.9 Å². The van der Waals surface area contributed by atoms with Gasteiger partial charge < -0.3 is 10.6 Å². The molecule has 0 radical (unpaired) electrons. The van der Waals surface area contributed by atoms with Crippen molar-refractivity contribution in [1.82, 2.24) is 9.97 Å². The lowest BCUT2D eigenvalue weighted by atomic mass is 10.2. The Bertz CT molecular complexity index is 569. The molecule has 0 saturated carbocycles. The van der Waals surface area contributed by atoms with E-state index in [0.29, 0.717) is 16.8 Å². The van der Waals surface area contributed by atoms with Crippen molar-refractivity contribution >= 4 is 45.0 Å². The Hall–Kier alpha value is -1.33. The highest BCUT2D eigenvalue weighted by Gasteiger charge is 2.09. The van der Waals surface area contributed by atoms with E-state index >= 15 is 0 Å². The number of para-hydroxylation sites is 1. The third-order valence-electron chi connectivity index (χ3n) is 2.54. The molecule has 0 bridgehead atoms. The first-order valence-corrected chi connectivity index (χ1v) is 7.07. The van der Waals surface area contributed by atoms with Gasteiger partial charge in [-0.05, 0) is 41.4 Å². The van der Waals surface area contributed by atoms with Gasteiger partial charge in [-0.15, -0.1) is 0 Å². The Kier molecular flexibility index (Phi) is 4.61. The molecular formula is C13H14BrClN4. The summed E-state index contributed by atoms with van der Waals surface area (Å²) >= 11 is 9.63. The van der Waals surface area contributed by atoms with E-state index in [1.165, 1.54) is 0 Å². The van der Waals surface area contributed by atoms with Gasteiger partial charge in [0.15, 0.2) is 0 Å². The second-order valence-electron chi connectivity index (χ2n) is 3.98. The lowest BCUT2D eigenvalue weighted by Gasteiger charge is -2.12. The third-order valence-corrected chi connectivity index (χ3v) is 3.44. The molecule has 0 saturated heterocycles. The fourth-order valence-electron chi connectivity index (χ4n) is 1.61. The summed E-state index contributed by atoms with van der Waals surface area (Å²) in [4.78, 5) is 8.57. The number of hydrogen-bond acceptors (Lipinski definition) is 4. The summed E-state index contributed by atoms with van der Waals surface area (Å²) in [6.45, 7) is 4.76. The zero-order chi connectivity index (χ0) is 13.8. The predicted octanol–water partition coefficient (Wildman–Crippen LogP) is 4.38. The molecule has 0 atom stereocenters. The summed E-state index contributed by atoms with van der Waals surface area (Å²) in [6.07, 6.45) is 1.71. The van der Waals surface area contributed by atoms with E-state index in [4.69, 9.17) is 11.6 Å².